The highest BCUT2D eigenvalue weighted by Crippen LogP contribution is 2.30. The predicted molar refractivity (Wildman–Crippen MR) is 301 cm³/mol. The van der Waals surface area contributed by atoms with Crippen LogP contribution in [0.2, 0.25) is 0 Å². The summed E-state index contributed by atoms with van der Waals surface area (Å²) in [6.07, 6.45) is 5.90. The van der Waals surface area contributed by atoms with Crippen molar-refractivity contribution in [1.82, 2.24) is 45.4 Å². The van der Waals surface area contributed by atoms with Gasteiger partial charge < -0.3 is 45.1 Å². The number of fused-ring (bicyclic) bond motifs is 1. The van der Waals surface area contributed by atoms with Gasteiger partial charge in [-0.1, -0.05) is 73.1 Å². The molecule has 1 aromatic carbocycles. The number of hydrogen-bond donors (Lipinski definition) is 4. The SMILES string of the molecule is CC[C@H](C)[C@@H]([C@@H](CC(=O)N1CCC[C@H]1[C@H](OC)[C@@H](C)C(=O)N[C@@H](Cc1c[nH]c2ccccc12)C(C)=O)OC)N(C)C(=O)[C@@H](NC(=O)[C@H](C(C)C)N(C)CCCC(=O)NC1CCN(C(=O)CCCN2C(=O)CCC2=O)CC1)C(C)C. The lowest BCUT2D eigenvalue weighted by molar-refractivity contribution is -0.148. The van der Waals surface area contributed by atoms with E-state index in [0.717, 1.165) is 16.5 Å². The van der Waals surface area contributed by atoms with Crippen molar-refractivity contribution in [2.45, 2.75) is 187 Å². The van der Waals surface area contributed by atoms with Crippen LogP contribution in [0.15, 0.2) is 30.5 Å². The van der Waals surface area contributed by atoms with E-state index in [1.807, 2.05) is 84.0 Å². The van der Waals surface area contributed by atoms with E-state index in [1.54, 1.807) is 28.7 Å². The largest absolute Gasteiger partial charge is 0.379 e. The smallest absolute Gasteiger partial charge is 0.245 e. The molecule has 4 N–H and O–H groups in total. The summed E-state index contributed by atoms with van der Waals surface area (Å²) in [5, 5.41) is 10.2. The molecule has 0 aliphatic carbocycles. The zero-order valence-electron chi connectivity index (χ0n) is 49.3. The molecule has 1 aromatic heterocycles. The summed E-state index contributed by atoms with van der Waals surface area (Å²) in [6.45, 7) is 17.1. The Morgan fingerprint density at radius 3 is 2.09 bits per heavy atom. The predicted octanol–water partition coefficient (Wildman–Crippen LogP) is 4.62. The van der Waals surface area contributed by atoms with Gasteiger partial charge in [0, 0.05) is 103 Å². The summed E-state index contributed by atoms with van der Waals surface area (Å²) in [4.78, 5) is 132. The molecule has 3 fully saturated rings. The van der Waals surface area contributed by atoms with Crippen molar-refractivity contribution in [3.8, 4) is 0 Å². The average molecular weight is 1100 g/mol. The number of ketones is 1. The summed E-state index contributed by atoms with van der Waals surface area (Å²) < 4.78 is 12.1. The molecule has 79 heavy (non-hydrogen) atoms. The number of likely N-dealkylation sites (tertiary alicyclic amines) is 3. The number of Topliss-reactive ketones (excluding diaryl/α,β-unsaturated/α-hetero) is 1. The number of amides is 8. The number of carbonyl (C=O) groups is 9. The van der Waals surface area contributed by atoms with Gasteiger partial charge in [0.15, 0.2) is 5.78 Å². The number of nitrogens with one attached hydrogen (secondary N) is 4. The minimum absolute atomic E-state index is 0.0211. The first kappa shape index (κ1) is 64.1. The molecule has 9 atom stereocenters. The summed E-state index contributed by atoms with van der Waals surface area (Å²) >= 11 is 0. The third-order valence-electron chi connectivity index (χ3n) is 16.8. The maximum Gasteiger partial charge on any atom is 0.245 e. The maximum atomic E-state index is 14.7. The van der Waals surface area contributed by atoms with Crippen LogP contribution in [0.1, 0.15) is 138 Å². The first-order valence-corrected chi connectivity index (χ1v) is 28.9. The molecule has 0 saturated carbocycles. The Kier molecular flexibility index (Phi) is 24.5. The number of hydrogen-bond acceptors (Lipinski definition) is 12. The summed E-state index contributed by atoms with van der Waals surface area (Å²) in [5.74, 6) is -3.04. The zero-order valence-corrected chi connectivity index (χ0v) is 49.3. The first-order chi connectivity index (χ1) is 37.5. The van der Waals surface area contributed by atoms with Gasteiger partial charge in [-0.05, 0) is 88.4 Å². The van der Waals surface area contributed by atoms with Crippen molar-refractivity contribution in [1.29, 1.82) is 0 Å². The highest BCUT2D eigenvalue weighted by Gasteiger charge is 2.44. The molecule has 0 radical (unpaired) electrons. The van der Waals surface area contributed by atoms with Gasteiger partial charge in [-0.25, -0.2) is 0 Å². The summed E-state index contributed by atoms with van der Waals surface area (Å²) in [5.41, 5.74) is 1.86. The van der Waals surface area contributed by atoms with Crippen LogP contribution in [0, 0.1) is 23.7 Å². The van der Waals surface area contributed by atoms with Crippen LogP contribution in [0.4, 0.5) is 0 Å². The monoisotopic (exact) mass is 1100 g/mol. The quantitative estimate of drug-likeness (QED) is 0.0785. The Morgan fingerprint density at radius 2 is 1.48 bits per heavy atom. The second-order valence-electron chi connectivity index (χ2n) is 23.1. The molecule has 2 aromatic rings. The number of methoxy groups -OCH3 is 2. The molecule has 20 nitrogen and oxygen atoms in total. The first-order valence-electron chi connectivity index (χ1n) is 28.9. The number of para-hydroxylation sites is 1. The number of nitrogens with zero attached hydrogens (tertiary/aromatic N) is 5. The molecule has 0 unspecified atom stereocenters. The van der Waals surface area contributed by atoms with Crippen LogP contribution in [0.25, 0.3) is 10.9 Å². The van der Waals surface area contributed by atoms with Crippen LogP contribution in [0.5, 0.6) is 0 Å². The molecule has 0 spiro atoms. The lowest BCUT2D eigenvalue weighted by Gasteiger charge is -2.41. The van der Waals surface area contributed by atoms with E-state index in [0.29, 0.717) is 77.5 Å². The fraction of sp³-hybridized carbons (Fsp3) is 0.712. The van der Waals surface area contributed by atoms with Crippen molar-refractivity contribution in [3.63, 3.8) is 0 Å². The minimum atomic E-state index is -0.895. The van der Waals surface area contributed by atoms with E-state index in [2.05, 4.69) is 20.9 Å². The molecule has 4 heterocycles. The van der Waals surface area contributed by atoms with Crippen molar-refractivity contribution in [2.24, 2.45) is 23.7 Å². The van der Waals surface area contributed by atoms with E-state index >= 15 is 0 Å². The number of imide groups is 1. The van der Waals surface area contributed by atoms with E-state index < -0.39 is 48.3 Å². The average Bonchev–Trinajstić information content (AvgIpc) is 4.18. The number of rotatable bonds is 30. The molecule has 8 amide bonds. The van der Waals surface area contributed by atoms with Crippen LogP contribution in [0.3, 0.4) is 0 Å². The van der Waals surface area contributed by atoms with Crippen molar-refractivity contribution >= 4 is 63.9 Å². The Hall–Kier alpha value is -5.73. The number of H-pyrrole nitrogens is 1. The lowest BCUT2D eigenvalue weighted by atomic mass is 9.89. The molecule has 0 bridgehead atoms. The molecule has 5 rings (SSSR count). The van der Waals surface area contributed by atoms with Gasteiger partial charge in [0.2, 0.25) is 47.3 Å². The van der Waals surface area contributed by atoms with Crippen molar-refractivity contribution in [2.75, 3.05) is 61.0 Å². The van der Waals surface area contributed by atoms with Gasteiger partial charge in [0.25, 0.3) is 0 Å². The van der Waals surface area contributed by atoms with E-state index in [1.165, 1.54) is 26.0 Å². The van der Waals surface area contributed by atoms with Crippen molar-refractivity contribution < 1.29 is 52.6 Å². The molecule has 3 aliphatic rings. The van der Waals surface area contributed by atoms with Gasteiger partial charge >= 0.3 is 0 Å². The highest BCUT2D eigenvalue weighted by molar-refractivity contribution is 6.02. The second-order valence-corrected chi connectivity index (χ2v) is 23.1. The molecule has 20 heteroatoms. The van der Waals surface area contributed by atoms with Gasteiger partial charge in [-0.2, -0.15) is 0 Å². The third kappa shape index (κ3) is 16.9. The van der Waals surface area contributed by atoms with E-state index in [-0.39, 0.29) is 115 Å². The Balaban J connectivity index is 1.14. The number of aromatic nitrogens is 1. The topological polar surface area (TPSA) is 240 Å². The fourth-order valence-corrected chi connectivity index (χ4v) is 12.0. The third-order valence-corrected chi connectivity index (χ3v) is 16.8. The number of carbonyl (C=O) groups excluding carboxylic acids is 9. The number of piperidine rings is 1. The maximum absolute atomic E-state index is 14.7. The summed E-state index contributed by atoms with van der Waals surface area (Å²) in [7, 11) is 6.63. The Morgan fingerprint density at radius 1 is 0.810 bits per heavy atom. The highest BCUT2D eigenvalue weighted by atomic mass is 16.5. The number of ether oxygens (including phenoxy) is 2. The second kappa shape index (κ2) is 30.2. The van der Waals surface area contributed by atoms with Crippen LogP contribution in [-0.4, -0.2) is 192 Å². The van der Waals surface area contributed by atoms with Gasteiger partial charge in [-0.15, -0.1) is 0 Å². The van der Waals surface area contributed by atoms with Gasteiger partial charge in [0.05, 0.1) is 48.7 Å². The zero-order chi connectivity index (χ0) is 58.2. The number of benzene rings is 1. The lowest BCUT2D eigenvalue weighted by Crippen LogP contribution is -2.60. The van der Waals surface area contributed by atoms with Crippen molar-refractivity contribution in [3.05, 3.63) is 36.0 Å². The van der Waals surface area contributed by atoms with Crippen LogP contribution < -0.4 is 16.0 Å². The van der Waals surface area contributed by atoms with Gasteiger partial charge in [-0.3, -0.25) is 53.0 Å². The number of aromatic amines is 1. The fourth-order valence-electron chi connectivity index (χ4n) is 12.0. The number of likely N-dealkylation sites (N-methyl/N-ethyl adjacent to an activating group) is 2. The molecular weight excluding hydrogens is 1010 g/mol. The van der Waals surface area contributed by atoms with Gasteiger partial charge in [0.1, 0.15) is 6.04 Å². The summed E-state index contributed by atoms with van der Waals surface area (Å²) in [6, 6.07) is 4.51. The molecule has 3 aliphatic heterocycles. The molecular formula is C59H93N9O11. The molecule has 440 valence electrons. The Bertz CT molecular complexity index is 2400. The van der Waals surface area contributed by atoms with E-state index in [4.69, 9.17) is 9.47 Å². The van der Waals surface area contributed by atoms with Crippen LogP contribution in [-0.2, 0) is 59.0 Å². The standard InChI is InChI=1S/C59H93N9O11/c1-13-38(6)55(47(78-11)34-52(74)67-29-16-21-46(67)56(79-12)39(7)57(75)62-45(40(8)69)33-41-35-60-44-20-15-14-19-43(41)44)65(10)59(77)53(36(2)3)63-58(76)54(37(4)5)64(9)28-17-22-48(70)61-42-26-31-66(32-27-42)49(71)23-18-30-68-50(72)24-25-51(68)73/h14-15,19-20,35-39,42,45-47,53-56,60H,13,16-18,21-34H2,1-12H3,(H,61,70)(H,62,75)(H,63,76)/t38-,39+,45-,46-,47+,53-,54-,55-,56+/m0/s1. The van der Waals surface area contributed by atoms with E-state index in [9.17, 15) is 43.2 Å². The van der Waals surface area contributed by atoms with Crippen LogP contribution >= 0.6 is 0 Å². The normalized spacial score (nSPS) is 19.3. The molecule has 3 saturated heterocycles. The minimum Gasteiger partial charge on any atom is -0.379 e. The Labute approximate surface area is 468 Å².